The van der Waals surface area contributed by atoms with E-state index < -0.39 is 0 Å². The van der Waals surface area contributed by atoms with Crippen LogP contribution in [0.15, 0.2) is 126 Å². The van der Waals surface area contributed by atoms with Crippen LogP contribution in [0.2, 0.25) is 0 Å². The third-order valence-electron chi connectivity index (χ3n) is 7.18. The van der Waals surface area contributed by atoms with Gasteiger partial charge in [-0.2, -0.15) is 0 Å². The molecule has 0 atom stereocenters. The molecule has 0 aliphatic rings. The quantitative estimate of drug-likeness (QED) is 0.258. The smallest absolute Gasteiger partial charge is 0.160 e. The van der Waals surface area contributed by atoms with Crippen LogP contribution in [-0.2, 0) is 0 Å². The number of hydrogen-bond donors (Lipinski definition) is 0. The molecule has 0 saturated carbocycles. The second kappa shape index (κ2) is 7.30. The van der Waals surface area contributed by atoms with E-state index in [4.69, 9.17) is 9.40 Å². The molecule has 0 fully saturated rings. The second-order valence-electron chi connectivity index (χ2n) is 9.21. The number of furan rings is 1. The standard InChI is InChI=1S/C33H20N2O/c1-2-10-21(11-3-1)31-23-13-5-4-12-22(23)20-30(34-31)35-28-16-8-6-14-24(28)26-18-19-27-25-15-7-9-17-29(25)36-33(27)32(26)35/h1-20H. The number of aromatic nitrogens is 2. The van der Waals surface area contributed by atoms with E-state index in [-0.39, 0.29) is 0 Å². The molecule has 8 rings (SSSR count). The number of rotatable bonds is 2. The Morgan fingerprint density at radius 1 is 0.556 bits per heavy atom. The Morgan fingerprint density at radius 2 is 1.25 bits per heavy atom. The largest absolute Gasteiger partial charge is 0.454 e. The summed E-state index contributed by atoms with van der Waals surface area (Å²) in [5.74, 6) is 0.881. The molecule has 0 aliphatic carbocycles. The summed E-state index contributed by atoms with van der Waals surface area (Å²) in [4.78, 5) is 5.30. The number of nitrogens with zero attached hydrogens (tertiary/aromatic N) is 2. The van der Waals surface area contributed by atoms with Crippen LogP contribution in [0.5, 0.6) is 0 Å². The van der Waals surface area contributed by atoms with Gasteiger partial charge in [0.15, 0.2) is 5.58 Å². The van der Waals surface area contributed by atoms with Crippen molar-refractivity contribution in [1.29, 1.82) is 0 Å². The SMILES string of the molecule is c1ccc(-c2nc(-n3c4ccccc4c4ccc5c6ccccc6oc5c43)cc3ccccc23)cc1. The zero-order valence-electron chi connectivity index (χ0n) is 19.3. The first kappa shape index (κ1) is 19.4. The second-order valence-corrected chi connectivity index (χ2v) is 9.21. The number of hydrogen-bond acceptors (Lipinski definition) is 2. The molecule has 3 nitrogen and oxygen atoms in total. The van der Waals surface area contributed by atoms with Crippen molar-refractivity contribution in [2.75, 3.05) is 0 Å². The van der Waals surface area contributed by atoms with Crippen LogP contribution in [-0.4, -0.2) is 9.55 Å². The van der Waals surface area contributed by atoms with Crippen molar-refractivity contribution in [3.8, 4) is 17.1 Å². The van der Waals surface area contributed by atoms with Crippen LogP contribution in [0.25, 0.3) is 71.6 Å². The van der Waals surface area contributed by atoms with Crippen molar-refractivity contribution in [1.82, 2.24) is 9.55 Å². The number of fused-ring (bicyclic) bond motifs is 8. The van der Waals surface area contributed by atoms with Gasteiger partial charge in [0.05, 0.1) is 16.7 Å². The van der Waals surface area contributed by atoms with Crippen molar-refractivity contribution < 1.29 is 4.42 Å². The molecule has 3 aromatic heterocycles. The van der Waals surface area contributed by atoms with E-state index in [1.54, 1.807) is 0 Å². The summed E-state index contributed by atoms with van der Waals surface area (Å²) >= 11 is 0. The molecule has 3 heterocycles. The highest BCUT2D eigenvalue weighted by molar-refractivity contribution is 6.21. The minimum atomic E-state index is 0.881. The molecule has 36 heavy (non-hydrogen) atoms. The van der Waals surface area contributed by atoms with Crippen LogP contribution < -0.4 is 0 Å². The summed E-state index contributed by atoms with van der Waals surface area (Å²) < 4.78 is 8.78. The van der Waals surface area contributed by atoms with Gasteiger partial charge in [0.25, 0.3) is 0 Å². The summed E-state index contributed by atoms with van der Waals surface area (Å²) in [6.07, 6.45) is 0. The lowest BCUT2D eigenvalue weighted by atomic mass is 10.0. The van der Waals surface area contributed by atoms with E-state index in [1.807, 2.05) is 18.2 Å². The Balaban J connectivity index is 1.57. The molecule has 0 aliphatic heterocycles. The molecule has 0 bridgehead atoms. The zero-order valence-corrected chi connectivity index (χ0v) is 19.3. The molecule has 0 unspecified atom stereocenters. The minimum Gasteiger partial charge on any atom is -0.454 e. The minimum absolute atomic E-state index is 0.881. The molecule has 0 amide bonds. The van der Waals surface area contributed by atoms with Gasteiger partial charge in [-0.1, -0.05) is 97.1 Å². The van der Waals surface area contributed by atoms with Gasteiger partial charge in [-0.25, -0.2) is 4.98 Å². The van der Waals surface area contributed by atoms with E-state index >= 15 is 0 Å². The van der Waals surface area contributed by atoms with Crippen molar-refractivity contribution >= 4 is 54.5 Å². The monoisotopic (exact) mass is 460 g/mol. The lowest BCUT2D eigenvalue weighted by molar-refractivity contribution is 0.671. The highest BCUT2D eigenvalue weighted by Gasteiger charge is 2.20. The molecule has 0 radical (unpaired) electrons. The predicted octanol–water partition coefficient (Wildman–Crippen LogP) is 8.90. The molecule has 0 N–H and O–H groups in total. The maximum Gasteiger partial charge on any atom is 0.160 e. The Kier molecular flexibility index (Phi) is 3.94. The van der Waals surface area contributed by atoms with Crippen LogP contribution in [0.4, 0.5) is 0 Å². The van der Waals surface area contributed by atoms with Crippen LogP contribution >= 0.6 is 0 Å². The Bertz CT molecular complexity index is 2100. The molecular formula is C33H20N2O. The number of benzene rings is 5. The summed E-state index contributed by atoms with van der Waals surface area (Å²) in [6.45, 7) is 0. The van der Waals surface area contributed by atoms with Gasteiger partial charge in [0, 0.05) is 32.5 Å². The van der Waals surface area contributed by atoms with Gasteiger partial charge in [0.2, 0.25) is 0 Å². The maximum absolute atomic E-state index is 6.51. The highest BCUT2D eigenvalue weighted by Crippen LogP contribution is 2.40. The zero-order chi connectivity index (χ0) is 23.6. The fourth-order valence-corrected chi connectivity index (χ4v) is 5.58. The summed E-state index contributed by atoms with van der Waals surface area (Å²) in [7, 11) is 0. The first-order valence-electron chi connectivity index (χ1n) is 12.2. The Hall–Kier alpha value is -4.89. The van der Waals surface area contributed by atoms with Gasteiger partial charge < -0.3 is 4.42 Å². The third kappa shape index (κ3) is 2.65. The predicted molar refractivity (Wildman–Crippen MR) is 149 cm³/mol. The first-order valence-corrected chi connectivity index (χ1v) is 12.2. The molecular weight excluding hydrogens is 440 g/mol. The Labute approximate surface area is 206 Å². The molecule has 0 spiro atoms. The number of pyridine rings is 1. The average Bonchev–Trinajstić information content (AvgIpc) is 3.49. The van der Waals surface area contributed by atoms with E-state index in [0.29, 0.717) is 0 Å². The van der Waals surface area contributed by atoms with Gasteiger partial charge in [-0.3, -0.25) is 4.57 Å². The van der Waals surface area contributed by atoms with Crippen molar-refractivity contribution in [2.45, 2.75) is 0 Å². The van der Waals surface area contributed by atoms with Gasteiger partial charge >= 0.3 is 0 Å². The number of para-hydroxylation sites is 2. The lowest BCUT2D eigenvalue weighted by Crippen LogP contribution is -2.00. The van der Waals surface area contributed by atoms with Crippen molar-refractivity contribution in [2.24, 2.45) is 0 Å². The molecule has 168 valence electrons. The fourth-order valence-electron chi connectivity index (χ4n) is 5.58. The van der Waals surface area contributed by atoms with Crippen LogP contribution in [0.1, 0.15) is 0 Å². The third-order valence-corrected chi connectivity index (χ3v) is 7.18. The molecule has 8 aromatic rings. The summed E-state index contributed by atoms with van der Waals surface area (Å²) in [6, 6.07) is 42.3. The average molecular weight is 461 g/mol. The van der Waals surface area contributed by atoms with Crippen LogP contribution in [0, 0.1) is 0 Å². The molecule has 0 saturated heterocycles. The van der Waals surface area contributed by atoms with Gasteiger partial charge in [0.1, 0.15) is 11.4 Å². The topological polar surface area (TPSA) is 31.0 Å². The van der Waals surface area contributed by atoms with Gasteiger partial charge in [-0.05, 0) is 29.7 Å². The molecule has 3 heteroatoms. The highest BCUT2D eigenvalue weighted by atomic mass is 16.3. The fraction of sp³-hybridized carbons (Fsp3) is 0. The maximum atomic E-state index is 6.51. The van der Waals surface area contributed by atoms with E-state index in [1.165, 1.54) is 5.39 Å². The lowest BCUT2D eigenvalue weighted by Gasteiger charge is -2.13. The Morgan fingerprint density at radius 3 is 2.14 bits per heavy atom. The van der Waals surface area contributed by atoms with E-state index in [2.05, 4.69) is 108 Å². The summed E-state index contributed by atoms with van der Waals surface area (Å²) in [5.41, 5.74) is 6.03. The molecule has 5 aromatic carbocycles. The van der Waals surface area contributed by atoms with E-state index in [0.717, 1.165) is 66.2 Å². The normalized spacial score (nSPS) is 11.9. The van der Waals surface area contributed by atoms with Crippen molar-refractivity contribution in [3.63, 3.8) is 0 Å². The van der Waals surface area contributed by atoms with Crippen LogP contribution in [0.3, 0.4) is 0 Å². The van der Waals surface area contributed by atoms with E-state index in [9.17, 15) is 0 Å². The first-order chi connectivity index (χ1) is 17.9. The van der Waals surface area contributed by atoms with Crippen molar-refractivity contribution in [3.05, 3.63) is 121 Å². The summed E-state index contributed by atoms with van der Waals surface area (Å²) in [5, 5.41) is 6.89. The van der Waals surface area contributed by atoms with Gasteiger partial charge in [-0.15, -0.1) is 0 Å².